The molecule has 2 aliphatic rings. The topological polar surface area (TPSA) is 50.4 Å². The van der Waals surface area contributed by atoms with Crippen LogP contribution >= 0.6 is 0 Å². The lowest BCUT2D eigenvalue weighted by Gasteiger charge is -2.28. The summed E-state index contributed by atoms with van der Waals surface area (Å²) >= 11 is 0. The predicted molar refractivity (Wildman–Crippen MR) is 53.0 cm³/mol. The third-order valence-electron chi connectivity index (χ3n) is 2.89. The molecule has 0 aromatic carbocycles. The van der Waals surface area contributed by atoms with Crippen molar-refractivity contribution in [2.75, 3.05) is 19.7 Å². The van der Waals surface area contributed by atoms with Crippen LogP contribution in [0.15, 0.2) is 0 Å². The maximum atomic E-state index is 11.5. The Morgan fingerprint density at radius 1 is 1.50 bits per heavy atom. The van der Waals surface area contributed by atoms with E-state index >= 15 is 0 Å². The highest BCUT2D eigenvalue weighted by atomic mass is 16.5. The van der Waals surface area contributed by atoms with Crippen LogP contribution in [0.3, 0.4) is 0 Å². The van der Waals surface area contributed by atoms with Crippen LogP contribution in [0.1, 0.15) is 25.7 Å². The van der Waals surface area contributed by atoms with Crippen molar-refractivity contribution in [1.82, 2.24) is 10.6 Å². The lowest BCUT2D eigenvalue weighted by atomic mass is 9.93. The van der Waals surface area contributed by atoms with Gasteiger partial charge >= 0.3 is 0 Å². The average Bonchev–Trinajstić information content (AvgIpc) is 2.13. The number of amides is 1. The molecular weight excluding hydrogens is 180 g/mol. The first-order valence-corrected chi connectivity index (χ1v) is 5.46. The van der Waals surface area contributed by atoms with Crippen molar-refractivity contribution >= 4 is 5.91 Å². The Bertz CT molecular complexity index is 198. The summed E-state index contributed by atoms with van der Waals surface area (Å²) in [7, 11) is 0. The van der Waals surface area contributed by atoms with Crippen LogP contribution in [0.25, 0.3) is 0 Å². The van der Waals surface area contributed by atoms with Gasteiger partial charge in [-0.3, -0.25) is 4.79 Å². The molecule has 0 spiro atoms. The van der Waals surface area contributed by atoms with E-state index in [1.165, 1.54) is 6.42 Å². The van der Waals surface area contributed by atoms with Crippen LogP contribution in [0, 0.1) is 0 Å². The molecule has 1 atom stereocenters. The standard InChI is InChI=1S/C10H18N2O2/c13-10(12-8-2-1-3-8)6-9-7-11-4-5-14-9/h8-9,11H,1-7H2,(H,12,13)/t9-/m1/s1. The molecule has 0 aromatic heterocycles. The number of rotatable bonds is 3. The monoisotopic (exact) mass is 198 g/mol. The second-order valence-electron chi connectivity index (χ2n) is 4.10. The quantitative estimate of drug-likeness (QED) is 0.673. The van der Waals surface area contributed by atoms with Crippen molar-refractivity contribution in [3.8, 4) is 0 Å². The largest absolute Gasteiger partial charge is 0.375 e. The smallest absolute Gasteiger partial charge is 0.222 e. The molecule has 1 aliphatic heterocycles. The number of carbonyl (C=O) groups is 1. The fraction of sp³-hybridized carbons (Fsp3) is 0.900. The first-order valence-electron chi connectivity index (χ1n) is 5.46. The molecule has 0 unspecified atom stereocenters. The number of hydrogen-bond acceptors (Lipinski definition) is 3. The van der Waals surface area contributed by atoms with Crippen LogP contribution in [-0.2, 0) is 9.53 Å². The minimum Gasteiger partial charge on any atom is -0.375 e. The van der Waals surface area contributed by atoms with E-state index in [1.54, 1.807) is 0 Å². The van der Waals surface area contributed by atoms with E-state index in [4.69, 9.17) is 4.74 Å². The molecular formula is C10H18N2O2. The Balaban J connectivity index is 1.64. The summed E-state index contributed by atoms with van der Waals surface area (Å²) in [5.74, 6) is 0.142. The van der Waals surface area contributed by atoms with Gasteiger partial charge in [-0.1, -0.05) is 0 Å². The Kier molecular flexibility index (Phi) is 3.37. The first kappa shape index (κ1) is 9.93. The van der Waals surface area contributed by atoms with Crippen LogP contribution in [0.2, 0.25) is 0 Å². The lowest BCUT2D eigenvalue weighted by Crippen LogP contribution is -2.44. The van der Waals surface area contributed by atoms with Crippen molar-refractivity contribution in [3.63, 3.8) is 0 Å². The van der Waals surface area contributed by atoms with E-state index in [-0.39, 0.29) is 12.0 Å². The van der Waals surface area contributed by atoms with E-state index in [0.717, 1.165) is 32.5 Å². The highest BCUT2D eigenvalue weighted by Crippen LogP contribution is 2.18. The van der Waals surface area contributed by atoms with Crippen LogP contribution in [-0.4, -0.2) is 37.7 Å². The van der Waals surface area contributed by atoms with Crippen LogP contribution in [0.5, 0.6) is 0 Å². The molecule has 14 heavy (non-hydrogen) atoms. The van der Waals surface area contributed by atoms with E-state index in [9.17, 15) is 4.79 Å². The molecule has 1 saturated heterocycles. The molecule has 1 heterocycles. The molecule has 2 N–H and O–H groups in total. The Morgan fingerprint density at radius 3 is 2.93 bits per heavy atom. The van der Waals surface area contributed by atoms with Crippen molar-refractivity contribution in [1.29, 1.82) is 0 Å². The minimum atomic E-state index is 0.0730. The number of hydrogen-bond donors (Lipinski definition) is 2. The molecule has 1 amide bonds. The summed E-state index contributed by atoms with van der Waals surface area (Å²) in [4.78, 5) is 11.5. The third-order valence-corrected chi connectivity index (χ3v) is 2.89. The molecule has 2 rings (SSSR count). The average molecular weight is 198 g/mol. The van der Waals surface area contributed by atoms with Crippen molar-refractivity contribution in [2.24, 2.45) is 0 Å². The van der Waals surface area contributed by atoms with Gasteiger partial charge in [0.15, 0.2) is 0 Å². The Hall–Kier alpha value is -0.610. The van der Waals surface area contributed by atoms with Gasteiger partial charge in [-0.15, -0.1) is 0 Å². The molecule has 0 bridgehead atoms. The predicted octanol–water partition coefficient (Wildman–Crippen LogP) is 0.0336. The van der Waals surface area contributed by atoms with Gasteiger partial charge in [-0.2, -0.15) is 0 Å². The van der Waals surface area contributed by atoms with Gasteiger partial charge in [0.25, 0.3) is 0 Å². The Morgan fingerprint density at radius 2 is 2.36 bits per heavy atom. The highest BCUT2D eigenvalue weighted by molar-refractivity contribution is 5.76. The maximum Gasteiger partial charge on any atom is 0.222 e. The Labute approximate surface area is 84.4 Å². The van der Waals surface area contributed by atoms with Gasteiger partial charge in [0, 0.05) is 19.1 Å². The zero-order valence-corrected chi connectivity index (χ0v) is 8.42. The maximum absolute atomic E-state index is 11.5. The third kappa shape index (κ3) is 2.69. The summed E-state index contributed by atoms with van der Waals surface area (Å²) in [6.45, 7) is 2.43. The van der Waals surface area contributed by atoms with Gasteiger partial charge in [-0.05, 0) is 19.3 Å². The van der Waals surface area contributed by atoms with Gasteiger partial charge in [0.2, 0.25) is 5.91 Å². The van der Waals surface area contributed by atoms with Gasteiger partial charge < -0.3 is 15.4 Å². The minimum absolute atomic E-state index is 0.0730. The normalized spacial score (nSPS) is 28.1. The van der Waals surface area contributed by atoms with Gasteiger partial charge in [0.05, 0.1) is 19.1 Å². The fourth-order valence-corrected chi connectivity index (χ4v) is 1.80. The van der Waals surface area contributed by atoms with Crippen molar-refractivity contribution < 1.29 is 9.53 Å². The summed E-state index contributed by atoms with van der Waals surface area (Å²) in [6, 6.07) is 0.444. The first-order chi connectivity index (χ1) is 6.84. The summed E-state index contributed by atoms with van der Waals surface area (Å²) in [6.07, 6.45) is 4.13. The molecule has 1 aliphatic carbocycles. The summed E-state index contributed by atoms with van der Waals surface area (Å²) in [5.41, 5.74) is 0. The molecule has 4 nitrogen and oxygen atoms in total. The molecule has 0 radical (unpaired) electrons. The van der Waals surface area contributed by atoms with Crippen molar-refractivity contribution in [2.45, 2.75) is 37.8 Å². The van der Waals surface area contributed by atoms with Crippen molar-refractivity contribution in [3.05, 3.63) is 0 Å². The SMILES string of the molecule is O=C(C[C@@H]1CNCCO1)NC1CCC1. The van der Waals surface area contributed by atoms with E-state index < -0.39 is 0 Å². The molecule has 4 heteroatoms. The van der Waals surface area contributed by atoms with E-state index in [1.807, 2.05) is 0 Å². The van der Waals surface area contributed by atoms with Crippen LogP contribution in [0.4, 0.5) is 0 Å². The number of morpholine rings is 1. The number of ether oxygens (including phenoxy) is 1. The van der Waals surface area contributed by atoms with Gasteiger partial charge in [0.1, 0.15) is 0 Å². The number of carbonyl (C=O) groups excluding carboxylic acids is 1. The zero-order valence-electron chi connectivity index (χ0n) is 8.42. The zero-order chi connectivity index (χ0) is 9.80. The highest BCUT2D eigenvalue weighted by Gasteiger charge is 2.22. The molecule has 80 valence electrons. The second kappa shape index (κ2) is 4.75. The van der Waals surface area contributed by atoms with Crippen LogP contribution < -0.4 is 10.6 Å². The number of nitrogens with one attached hydrogen (secondary N) is 2. The molecule has 1 saturated carbocycles. The second-order valence-corrected chi connectivity index (χ2v) is 4.10. The summed E-state index contributed by atoms with van der Waals surface area (Å²) in [5, 5.41) is 6.23. The lowest BCUT2D eigenvalue weighted by molar-refractivity contribution is -0.125. The van der Waals surface area contributed by atoms with Gasteiger partial charge in [-0.25, -0.2) is 0 Å². The van der Waals surface area contributed by atoms with E-state index in [0.29, 0.717) is 12.5 Å². The van der Waals surface area contributed by atoms with E-state index in [2.05, 4.69) is 10.6 Å². The molecule has 2 fully saturated rings. The fourth-order valence-electron chi connectivity index (χ4n) is 1.80. The molecule has 0 aromatic rings. The summed E-state index contributed by atoms with van der Waals surface area (Å²) < 4.78 is 5.46.